The molecular weight excluding hydrogens is 174 g/mol. The predicted molar refractivity (Wildman–Crippen MR) is 43.1 cm³/mol. The fraction of sp³-hybridized carbons (Fsp3) is 0.875. The lowest BCUT2D eigenvalue weighted by Crippen LogP contribution is -2.67. The number of aliphatic hydroxyl groups excluding tert-OH is 2. The zero-order valence-corrected chi connectivity index (χ0v) is 7.05. The maximum atomic E-state index is 10.7. The molecule has 3 fully saturated rings. The summed E-state index contributed by atoms with van der Waals surface area (Å²) in [6.45, 7) is 0. The number of carboxylic acids is 1. The number of carbonyl (C=O) groups is 1. The minimum absolute atomic E-state index is 0.263. The van der Waals surface area contributed by atoms with Crippen LogP contribution in [0.4, 0.5) is 0 Å². The molecule has 5 atom stereocenters. The lowest BCUT2D eigenvalue weighted by atomic mass is 9.72. The number of hydrogen-bond acceptors (Lipinski definition) is 4. The Hall–Kier alpha value is -0.650. The highest BCUT2D eigenvalue weighted by atomic mass is 16.4. The number of fused-ring (bicyclic) bond motifs is 3. The first-order chi connectivity index (χ1) is 6.11. The van der Waals surface area contributed by atoms with Crippen molar-refractivity contribution in [3.05, 3.63) is 0 Å². The molecule has 1 aliphatic carbocycles. The smallest absolute Gasteiger partial charge is 0.321 e. The van der Waals surface area contributed by atoms with Gasteiger partial charge in [-0.15, -0.1) is 0 Å². The van der Waals surface area contributed by atoms with Crippen LogP contribution in [0.3, 0.4) is 0 Å². The van der Waals surface area contributed by atoms with Crippen LogP contribution in [-0.4, -0.2) is 45.6 Å². The number of aliphatic carboxylic acids is 1. The Labute approximate surface area is 75.4 Å². The number of rotatable bonds is 1. The molecular formula is C8H13NO4. The highest BCUT2D eigenvalue weighted by Crippen LogP contribution is 2.33. The maximum Gasteiger partial charge on any atom is 0.321 e. The molecule has 0 aromatic carbocycles. The van der Waals surface area contributed by atoms with E-state index in [9.17, 15) is 15.0 Å². The predicted octanol–water partition coefficient (Wildman–Crippen LogP) is -1.46. The molecule has 5 nitrogen and oxygen atoms in total. The van der Waals surface area contributed by atoms with Crippen molar-refractivity contribution >= 4 is 5.97 Å². The van der Waals surface area contributed by atoms with Gasteiger partial charge in [0.15, 0.2) is 0 Å². The summed E-state index contributed by atoms with van der Waals surface area (Å²) in [5.74, 6) is -1.29. The Bertz CT molecular complexity index is 230. The van der Waals surface area contributed by atoms with Crippen molar-refractivity contribution in [1.82, 2.24) is 5.32 Å². The summed E-state index contributed by atoms with van der Waals surface area (Å²) in [7, 11) is 0. The first-order valence-electron chi connectivity index (χ1n) is 4.46. The molecule has 2 saturated heterocycles. The van der Waals surface area contributed by atoms with Crippen LogP contribution < -0.4 is 5.32 Å². The van der Waals surface area contributed by atoms with Gasteiger partial charge >= 0.3 is 5.97 Å². The van der Waals surface area contributed by atoms with Gasteiger partial charge in [0.05, 0.1) is 12.2 Å². The zero-order chi connectivity index (χ0) is 9.59. The highest BCUT2D eigenvalue weighted by Gasteiger charge is 2.49. The third kappa shape index (κ3) is 1.23. The van der Waals surface area contributed by atoms with Gasteiger partial charge in [0, 0.05) is 12.0 Å². The largest absolute Gasteiger partial charge is 0.480 e. The fourth-order valence-corrected chi connectivity index (χ4v) is 2.36. The SMILES string of the molecule is O=C(O)[C@H]1N[C@H]2CC[C@@H]1[C@H](O)[C@@H]2O. The molecule has 3 aliphatic rings. The molecule has 0 spiro atoms. The van der Waals surface area contributed by atoms with Gasteiger partial charge in [-0.3, -0.25) is 10.1 Å². The maximum absolute atomic E-state index is 10.7. The molecule has 5 heteroatoms. The third-order valence-electron chi connectivity index (χ3n) is 3.10. The summed E-state index contributed by atoms with van der Waals surface area (Å²) in [5, 5.41) is 30.6. The van der Waals surface area contributed by atoms with E-state index in [1.807, 2.05) is 0 Å². The summed E-state index contributed by atoms with van der Waals surface area (Å²) < 4.78 is 0. The molecule has 13 heavy (non-hydrogen) atoms. The van der Waals surface area contributed by atoms with E-state index in [4.69, 9.17) is 5.11 Å². The van der Waals surface area contributed by atoms with Gasteiger partial charge < -0.3 is 15.3 Å². The average molecular weight is 187 g/mol. The summed E-state index contributed by atoms with van der Waals surface area (Å²) in [6.07, 6.45) is -0.282. The second kappa shape index (κ2) is 2.94. The van der Waals surface area contributed by atoms with E-state index in [1.165, 1.54) is 0 Å². The van der Waals surface area contributed by atoms with E-state index in [1.54, 1.807) is 0 Å². The lowest BCUT2D eigenvalue weighted by Gasteiger charge is -2.47. The second-order valence-corrected chi connectivity index (χ2v) is 3.81. The van der Waals surface area contributed by atoms with E-state index in [2.05, 4.69) is 5.32 Å². The summed E-state index contributed by atoms with van der Waals surface area (Å²) in [4.78, 5) is 10.7. The quantitative estimate of drug-likeness (QED) is 0.403. The van der Waals surface area contributed by atoms with Crippen molar-refractivity contribution in [1.29, 1.82) is 0 Å². The van der Waals surface area contributed by atoms with Gasteiger partial charge in [0.1, 0.15) is 6.04 Å². The Morgan fingerprint density at radius 1 is 1.23 bits per heavy atom. The zero-order valence-electron chi connectivity index (χ0n) is 7.05. The Morgan fingerprint density at radius 3 is 2.46 bits per heavy atom. The molecule has 0 unspecified atom stereocenters. The molecule has 4 N–H and O–H groups in total. The lowest BCUT2D eigenvalue weighted by molar-refractivity contribution is -0.155. The van der Waals surface area contributed by atoms with Crippen LogP contribution in [-0.2, 0) is 4.79 Å². The van der Waals surface area contributed by atoms with Crippen LogP contribution in [0.25, 0.3) is 0 Å². The van der Waals surface area contributed by atoms with Crippen molar-refractivity contribution in [2.45, 2.75) is 37.1 Å². The van der Waals surface area contributed by atoms with Crippen LogP contribution in [0.15, 0.2) is 0 Å². The van der Waals surface area contributed by atoms with Crippen LogP contribution in [0, 0.1) is 5.92 Å². The van der Waals surface area contributed by atoms with Crippen molar-refractivity contribution < 1.29 is 20.1 Å². The van der Waals surface area contributed by atoms with Crippen molar-refractivity contribution in [3.63, 3.8) is 0 Å². The fourth-order valence-electron chi connectivity index (χ4n) is 2.36. The topological polar surface area (TPSA) is 89.8 Å². The van der Waals surface area contributed by atoms with Gasteiger partial charge in [0.2, 0.25) is 0 Å². The standard InChI is InChI=1S/C8H13NO4/c10-6-3-1-2-4(7(6)11)9-5(3)8(12)13/h3-7,9-11H,1-2H2,(H,12,13)/t3-,4-,5-,6-,7+/m0/s1. The Balaban J connectivity index is 2.18. The second-order valence-electron chi connectivity index (χ2n) is 3.81. The van der Waals surface area contributed by atoms with Crippen molar-refractivity contribution in [2.75, 3.05) is 0 Å². The van der Waals surface area contributed by atoms with E-state index in [0.29, 0.717) is 6.42 Å². The first-order valence-corrected chi connectivity index (χ1v) is 4.46. The molecule has 0 aromatic heterocycles. The molecule has 0 aromatic rings. The van der Waals surface area contributed by atoms with Crippen LogP contribution in [0.1, 0.15) is 12.8 Å². The Morgan fingerprint density at radius 2 is 1.92 bits per heavy atom. The monoisotopic (exact) mass is 187 g/mol. The number of carboxylic acid groups (broad SMARTS) is 1. The molecule has 2 bridgehead atoms. The number of nitrogens with one attached hydrogen (secondary N) is 1. The minimum Gasteiger partial charge on any atom is -0.480 e. The van der Waals surface area contributed by atoms with Gasteiger partial charge in [-0.1, -0.05) is 0 Å². The first kappa shape index (κ1) is 8.93. The van der Waals surface area contributed by atoms with Crippen LogP contribution >= 0.6 is 0 Å². The third-order valence-corrected chi connectivity index (χ3v) is 3.10. The molecule has 3 rings (SSSR count). The molecule has 1 saturated carbocycles. The van der Waals surface area contributed by atoms with Gasteiger partial charge in [-0.2, -0.15) is 0 Å². The molecule has 74 valence electrons. The van der Waals surface area contributed by atoms with Crippen LogP contribution in [0.5, 0.6) is 0 Å². The van der Waals surface area contributed by atoms with Crippen molar-refractivity contribution in [2.24, 2.45) is 5.92 Å². The normalized spacial score (nSPS) is 49.2. The minimum atomic E-state index is -0.944. The summed E-state index contributed by atoms with van der Waals surface area (Å²) >= 11 is 0. The van der Waals surface area contributed by atoms with Crippen molar-refractivity contribution in [3.8, 4) is 0 Å². The highest BCUT2D eigenvalue weighted by molar-refractivity contribution is 5.74. The van der Waals surface area contributed by atoms with Gasteiger partial charge in [-0.05, 0) is 12.8 Å². The summed E-state index contributed by atoms with van der Waals surface area (Å²) in [6, 6.07) is -0.960. The molecule has 0 amide bonds. The number of piperidine rings is 2. The van der Waals surface area contributed by atoms with E-state index in [-0.39, 0.29) is 12.0 Å². The number of hydrogen-bond donors (Lipinski definition) is 4. The molecule has 0 radical (unpaired) electrons. The number of aliphatic hydroxyl groups is 2. The van der Waals surface area contributed by atoms with Gasteiger partial charge in [0.25, 0.3) is 0 Å². The van der Waals surface area contributed by atoms with Gasteiger partial charge in [-0.25, -0.2) is 0 Å². The van der Waals surface area contributed by atoms with Crippen LogP contribution in [0.2, 0.25) is 0 Å². The average Bonchev–Trinajstić information content (AvgIpc) is 2.12. The van der Waals surface area contributed by atoms with E-state index in [0.717, 1.165) is 6.42 Å². The Kier molecular flexibility index (Phi) is 2.02. The summed E-state index contributed by atoms with van der Waals surface area (Å²) in [5.41, 5.74) is 0. The molecule has 2 heterocycles. The van der Waals surface area contributed by atoms with E-state index < -0.39 is 24.2 Å². The van der Waals surface area contributed by atoms with E-state index >= 15 is 0 Å². The molecule has 2 aliphatic heterocycles.